The van der Waals surface area contributed by atoms with E-state index in [1.54, 1.807) is 10.7 Å². The second-order valence-electron chi connectivity index (χ2n) is 7.31. The number of halogens is 2. The topological polar surface area (TPSA) is 75.4 Å². The van der Waals surface area contributed by atoms with E-state index >= 15 is 0 Å². The lowest BCUT2D eigenvalue weighted by molar-refractivity contribution is -0.149. The van der Waals surface area contributed by atoms with Gasteiger partial charge in [0.25, 0.3) is 5.91 Å². The van der Waals surface area contributed by atoms with Gasteiger partial charge in [-0.15, -0.1) is 0 Å². The average molecular weight is 392 g/mol. The van der Waals surface area contributed by atoms with Gasteiger partial charge in [-0.25, -0.2) is 13.9 Å². The number of amides is 1. The molecule has 1 atom stereocenters. The van der Waals surface area contributed by atoms with Crippen LogP contribution >= 0.6 is 11.6 Å². The highest BCUT2D eigenvalue weighted by molar-refractivity contribution is 6.31. The van der Waals surface area contributed by atoms with Gasteiger partial charge in [0, 0.05) is 23.9 Å². The Morgan fingerprint density at radius 3 is 2.70 bits per heavy atom. The zero-order valence-corrected chi connectivity index (χ0v) is 15.5. The number of rotatable bonds is 4. The van der Waals surface area contributed by atoms with E-state index in [4.69, 9.17) is 16.7 Å². The summed E-state index contributed by atoms with van der Waals surface area (Å²) in [5.74, 6) is -1.68. The molecule has 2 heterocycles. The van der Waals surface area contributed by atoms with Crippen molar-refractivity contribution in [3.8, 4) is 5.69 Å². The molecule has 142 valence electrons. The summed E-state index contributed by atoms with van der Waals surface area (Å²) in [6.45, 7) is 1.55. The minimum Gasteiger partial charge on any atom is -0.479 e. The van der Waals surface area contributed by atoms with Crippen LogP contribution in [0.5, 0.6) is 0 Å². The largest absolute Gasteiger partial charge is 0.479 e. The number of likely N-dealkylation sites (tertiary alicyclic amines) is 1. The summed E-state index contributed by atoms with van der Waals surface area (Å²) in [5, 5.41) is 14.0. The maximum atomic E-state index is 14.4. The van der Waals surface area contributed by atoms with Gasteiger partial charge >= 0.3 is 5.97 Å². The first-order valence-corrected chi connectivity index (χ1v) is 9.24. The summed E-state index contributed by atoms with van der Waals surface area (Å²) in [6.07, 6.45) is 3.19. The van der Waals surface area contributed by atoms with Gasteiger partial charge in [0.05, 0.1) is 29.7 Å². The molecule has 1 saturated heterocycles. The quantitative estimate of drug-likeness (QED) is 0.867. The molecule has 6 nitrogen and oxygen atoms in total. The minimum atomic E-state index is -2.38. The summed E-state index contributed by atoms with van der Waals surface area (Å²) in [7, 11) is 0. The van der Waals surface area contributed by atoms with Crippen LogP contribution in [0.15, 0.2) is 24.4 Å². The molecular formula is C19H19ClFN3O3. The first kappa shape index (κ1) is 18.0. The lowest BCUT2D eigenvalue weighted by atomic mass is 10.1. The number of aliphatic carboxylic acids is 1. The zero-order chi connectivity index (χ0) is 19.3. The number of hydrogen-bond donors (Lipinski definition) is 1. The van der Waals surface area contributed by atoms with Crippen LogP contribution in [0.25, 0.3) is 5.69 Å². The second kappa shape index (κ2) is 6.34. The molecule has 1 N–H and O–H groups in total. The molecule has 1 aromatic heterocycles. The van der Waals surface area contributed by atoms with Crippen molar-refractivity contribution in [3.63, 3.8) is 0 Å². The van der Waals surface area contributed by atoms with Crippen LogP contribution in [0.2, 0.25) is 5.02 Å². The highest BCUT2D eigenvalue weighted by Crippen LogP contribution is 2.43. The smallest absolute Gasteiger partial charge is 0.343 e. The number of benzene rings is 1. The van der Waals surface area contributed by atoms with E-state index in [0.29, 0.717) is 10.6 Å². The first-order chi connectivity index (χ1) is 12.8. The fraction of sp³-hybridized carbons (Fsp3) is 0.421. The number of carbonyl (C=O) groups is 2. The molecule has 2 aliphatic rings. The van der Waals surface area contributed by atoms with Crippen molar-refractivity contribution in [2.45, 2.75) is 37.8 Å². The Labute approximate surface area is 160 Å². The van der Waals surface area contributed by atoms with Crippen LogP contribution in [-0.2, 0) is 4.79 Å². The molecule has 0 radical (unpaired) electrons. The molecule has 1 amide bonds. The van der Waals surface area contributed by atoms with Gasteiger partial charge in [0.1, 0.15) is 0 Å². The van der Waals surface area contributed by atoms with Crippen LogP contribution in [0, 0.1) is 6.92 Å². The molecule has 1 aliphatic carbocycles. The number of carboxylic acid groups (broad SMARTS) is 1. The molecule has 2 fully saturated rings. The summed E-state index contributed by atoms with van der Waals surface area (Å²) in [4.78, 5) is 25.4. The van der Waals surface area contributed by atoms with Crippen molar-refractivity contribution in [1.29, 1.82) is 0 Å². The second-order valence-corrected chi connectivity index (χ2v) is 7.72. The third kappa shape index (κ3) is 3.10. The number of alkyl halides is 1. The lowest BCUT2D eigenvalue weighted by Gasteiger charge is -2.18. The maximum absolute atomic E-state index is 14.4. The third-order valence-corrected chi connectivity index (χ3v) is 5.70. The van der Waals surface area contributed by atoms with Crippen molar-refractivity contribution in [3.05, 3.63) is 46.2 Å². The van der Waals surface area contributed by atoms with Crippen LogP contribution in [0.1, 0.15) is 46.8 Å². The van der Waals surface area contributed by atoms with Crippen LogP contribution in [0.3, 0.4) is 0 Å². The van der Waals surface area contributed by atoms with Crippen molar-refractivity contribution >= 4 is 23.5 Å². The predicted octanol–water partition coefficient (Wildman–Crippen LogP) is 3.35. The van der Waals surface area contributed by atoms with E-state index in [9.17, 15) is 14.0 Å². The van der Waals surface area contributed by atoms with E-state index in [1.165, 1.54) is 11.1 Å². The Kier molecular flexibility index (Phi) is 4.22. The fourth-order valence-corrected chi connectivity index (χ4v) is 3.66. The third-order valence-electron chi connectivity index (χ3n) is 5.29. The number of aryl methyl sites for hydroxylation is 1. The standard InChI is InChI=1S/C19H19ClFN3O3/c1-11-2-5-13(8-15(11)20)24-16(12-3-4-12)14(9-22-24)17(25)23-7-6-19(21,10-23)18(26)27/h2,5,8-9,12H,3-4,6-7,10H2,1H3,(H,26,27). The highest BCUT2D eigenvalue weighted by atomic mass is 35.5. The summed E-state index contributed by atoms with van der Waals surface area (Å²) >= 11 is 6.23. The van der Waals surface area contributed by atoms with Gasteiger partial charge in [-0.3, -0.25) is 4.79 Å². The zero-order valence-electron chi connectivity index (χ0n) is 14.8. The number of carbonyl (C=O) groups excluding carboxylic acids is 1. The monoisotopic (exact) mass is 391 g/mol. The van der Waals surface area contributed by atoms with Crippen molar-refractivity contribution in [2.75, 3.05) is 13.1 Å². The molecule has 1 aliphatic heterocycles. The normalized spacial score (nSPS) is 22.3. The van der Waals surface area contributed by atoms with Gasteiger partial charge < -0.3 is 10.0 Å². The highest BCUT2D eigenvalue weighted by Gasteiger charge is 2.47. The number of hydrogen-bond acceptors (Lipinski definition) is 3. The molecule has 1 saturated carbocycles. The Hall–Kier alpha value is -2.41. The molecule has 27 heavy (non-hydrogen) atoms. The number of nitrogens with zero attached hydrogens (tertiary/aromatic N) is 3. The lowest BCUT2D eigenvalue weighted by Crippen LogP contribution is -2.39. The van der Waals surface area contributed by atoms with Crippen molar-refractivity contribution < 1.29 is 19.1 Å². The molecule has 2 aromatic rings. The Morgan fingerprint density at radius 2 is 2.11 bits per heavy atom. The van der Waals surface area contributed by atoms with E-state index in [1.807, 2.05) is 19.1 Å². The molecular weight excluding hydrogens is 373 g/mol. The number of carboxylic acids is 1. The Morgan fingerprint density at radius 1 is 1.37 bits per heavy atom. The van der Waals surface area contributed by atoms with E-state index in [-0.39, 0.29) is 24.8 Å². The van der Waals surface area contributed by atoms with Crippen LogP contribution < -0.4 is 0 Å². The van der Waals surface area contributed by atoms with Crippen molar-refractivity contribution in [2.24, 2.45) is 0 Å². The summed E-state index contributed by atoms with van der Waals surface area (Å²) in [5.41, 5.74) is 0.520. The summed E-state index contributed by atoms with van der Waals surface area (Å²) in [6, 6.07) is 5.58. The molecule has 0 bridgehead atoms. The molecule has 1 aromatic carbocycles. The first-order valence-electron chi connectivity index (χ1n) is 8.86. The average Bonchev–Trinajstić information content (AvgIpc) is 3.24. The minimum absolute atomic E-state index is 0.0767. The van der Waals surface area contributed by atoms with E-state index in [2.05, 4.69) is 5.10 Å². The van der Waals surface area contributed by atoms with E-state index < -0.39 is 18.2 Å². The fourth-order valence-electron chi connectivity index (χ4n) is 3.48. The SMILES string of the molecule is Cc1ccc(-n2ncc(C(=O)N3CCC(F)(C(=O)O)C3)c2C2CC2)cc1Cl. The molecule has 4 rings (SSSR count). The van der Waals surface area contributed by atoms with Crippen molar-refractivity contribution in [1.82, 2.24) is 14.7 Å². The summed E-state index contributed by atoms with van der Waals surface area (Å²) < 4.78 is 16.1. The van der Waals surface area contributed by atoms with Gasteiger partial charge in [-0.2, -0.15) is 5.10 Å². The van der Waals surface area contributed by atoms with Crippen LogP contribution in [-0.4, -0.2) is 50.4 Å². The molecule has 1 unspecified atom stereocenters. The van der Waals surface area contributed by atoms with Gasteiger partial charge in [-0.05, 0) is 37.5 Å². The Bertz CT molecular complexity index is 940. The Balaban J connectivity index is 1.68. The van der Waals surface area contributed by atoms with Gasteiger partial charge in [0.15, 0.2) is 0 Å². The molecule has 8 heteroatoms. The van der Waals surface area contributed by atoms with Gasteiger partial charge in [0.2, 0.25) is 5.67 Å². The van der Waals surface area contributed by atoms with Crippen LogP contribution in [0.4, 0.5) is 4.39 Å². The predicted molar refractivity (Wildman–Crippen MR) is 97.3 cm³/mol. The van der Waals surface area contributed by atoms with E-state index in [0.717, 1.165) is 29.8 Å². The molecule has 0 spiro atoms. The van der Waals surface area contributed by atoms with Gasteiger partial charge in [-0.1, -0.05) is 17.7 Å². The maximum Gasteiger partial charge on any atom is 0.343 e. The number of aromatic nitrogens is 2.